The number of hydrogen-bond acceptors (Lipinski definition) is 6. The molecule has 2 N–H and O–H groups in total. The Bertz CT molecular complexity index is 561. The SMILES string of the molecule is CCCCC(NNOC(=O)C(F)(F)F)c1ccc(C(=O)OCC)cc1. The largest absolute Gasteiger partial charge is 0.492 e. The van der Waals surface area contributed by atoms with Gasteiger partial charge in [0.2, 0.25) is 0 Å². The maximum atomic E-state index is 12.1. The summed E-state index contributed by atoms with van der Waals surface area (Å²) in [4.78, 5) is 26.2. The summed E-state index contributed by atoms with van der Waals surface area (Å²) in [7, 11) is 0. The zero-order valence-electron chi connectivity index (χ0n) is 14.0. The lowest BCUT2D eigenvalue weighted by Gasteiger charge is -2.19. The summed E-state index contributed by atoms with van der Waals surface area (Å²) in [5.41, 5.74) is 5.48. The van der Waals surface area contributed by atoms with Crippen LogP contribution in [0.4, 0.5) is 13.2 Å². The Morgan fingerprint density at radius 1 is 1.16 bits per heavy atom. The van der Waals surface area contributed by atoms with Crippen LogP contribution in [0.25, 0.3) is 0 Å². The van der Waals surface area contributed by atoms with Crippen molar-refractivity contribution in [2.24, 2.45) is 0 Å². The zero-order valence-corrected chi connectivity index (χ0v) is 14.0. The van der Waals surface area contributed by atoms with Gasteiger partial charge in [0, 0.05) is 6.04 Å². The Morgan fingerprint density at radius 2 is 1.80 bits per heavy atom. The van der Waals surface area contributed by atoms with Crippen molar-refractivity contribution in [1.82, 2.24) is 11.0 Å². The Morgan fingerprint density at radius 3 is 2.32 bits per heavy atom. The highest BCUT2D eigenvalue weighted by Crippen LogP contribution is 2.20. The molecule has 1 rings (SSSR count). The van der Waals surface area contributed by atoms with Gasteiger partial charge >= 0.3 is 18.1 Å². The van der Waals surface area contributed by atoms with Gasteiger partial charge in [-0.3, -0.25) is 0 Å². The van der Waals surface area contributed by atoms with Gasteiger partial charge in [-0.25, -0.2) is 15.0 Å². The van der Waals surface area contributed by atoms with E-state index >= 15 is 0 Å². The van der Waals surface area contributed by atoms with E-state index in [1.165, 1.54) is 0 Å². The first kappa shape index (κ1) is 20.9. The third kappa shape index (κ3) is 7.10. The van der Waals surface area contributed by atoms with Crippen molar-refractivity contribution in [3.05, 3.63) is 35.4 Å². The van der Waals surface area contributed by atoms with E-state index in [9.17, 15) is 22.8 Å². The van der Waals surface area contributed by atoms with E-state index in [-0.39, 0.29) is 6.61 Å². The van der Waals surface area contributed by atoms with E-state index in [4.69, 9.17) is 4.74 Å². The van der Waals surface area contributed by atoms with Crippen LogP contribution in [0, 0.1) is 0 Å². The molecule has 0 radical (unpaired) electrons. The second kappa shape index (κ2) is 10.00. The molecule has 6 nitrogen and oxygen atoms in total. The fourth-order valence-corrected chi connectivity index (χ4v) is 2.00. The number of hydrazine groups is 1. The standard InChI is InChI=1S/C16H21F3N2O4/c1-3-5-6-13(20-21-25-15(23)16(17,18)19)11-7-9-12(10-8-11)14(22)24-4-2/h7-10,13,20-21H,3-6H2,1-2H3. The van der Waals surface area contributed by atoms with Crippen LogP contribution >= 0.6 is 0 Å². The first-order valence-corrected chi connectivity index (χ1v) is 7.85. The number of nitrogens with one attached hydrogen (secondary N) is 2. The predicted molar refractivity (Wildman–Crippen MR) is 83.1 cm³/mol. The van der Waals surface area contributed by atoms with Gasteiger partial charge < -0.3 is 9.57 Å². The Labute approximate surface area is 143 Å². The summed E-state index contributed by atoms with van der Waals surface area (Å²) in [5.74, 6) is -2.80. The summed E-state index contributed by atoms with van der Waals surface area (Å²) in [6.07, 6.45) is -2.81. The molecule has 0 aliphatic rings. The molecule has 0 aliphatic heterocycles. The van der Waals surface area contributed by atoms with E-state index in [2.05, 4.69) is 10.3 Å². The molecule has 0 aromatic heterocycles. The predicted octanol–water partition coefficient (Wildman–Crippen LogP) is 3.21. The highest BCUT2D eigenvalue weighted by atomic mass is 19.4. The third-order valence-electron chi connectivity index (χ3n) is 3.28. The molecule has 140 valence electrons. The highest BCUT2D eigenvalue weighted by Gasteiger charge is 2.41. The topological polar surface area (TPSA) is 76.7 Å². The van der Waals surface area contributed by atoms with Crippen LogP contribution < -0.4 is 11.0 Å². The minimum atomic E-state index is -5.07. The van der Waals surface area contributed by atoms with Crippen molar-refractivity contribution in [2.75, 3.05) is 6.61 Å². The Hall–Kier alpha value is -2.13. The summed E-state index contributed by atoms with van der Waals surface area (Å²) in [6.45, 7) is 3.93. The second-order valence-electron chi connectivity index (χ2n) is 5.17. The molecule has 0 spiro atoms. The Balaban J connectivity index is 2.71. The van der Waals surface area contributed by atoms with Crippen LogP contribution in [0.3, 0.4) is 0 Å². The van der Waals surface area contributed by atoms with Gasteiger partial charge in [0.15, 0.2) is 0 Å². The molecule has 0 aliphatic carbocycles. The molecule has 0 saturated heterocycles. The number of alkyl halides is 3. The maximum absolute atomic E-state index is 12.1. The second-order valence-corrected chi connectivity index (χ2v) is 5.17. The van der Waals surface area contributed by atoms with Gasteiger partial charge in [-0.2, -0.15) is 13.2 Å². The monoisotopic (exact) mass is 362 g/mol. The summed E-state index contributed by atoms with van der Waals surface area (Å²) < 4.78 is 41.2. The van der Waals surface area contributed by atoms with E-state index < -0.39 is 24.2 Å². The third-order valence-corrected chi connectivity index (χ3v) is 3.28. The van der Waals surface area contributed by atoms with Crippen LogP contribution in [0.15, 0.2) is 24.3 Å². The minimum absolute atomic E-state index is 0.260. The summed E-state index contributed by atoms with van der Waals surface area (Å²) >= 11 is 0. The molecule has 9 heteroatoms. The van der Waals surface area contributed by atoms with Crippen molar-refractivity contribution < 1.29 is 32.3 Å². The zero-order chi connectivity index (χ0) is 18.9. The lowest BCUT2D eigenvalue weighted by molar-refractivity contribution is -0.209. The van der Waals surface area contributed by atoms with Crippen molar-refractivity contribution in [2.45, 2.75) is 45.3 Å². The number of hydrogen-bond donors (Lipinski definition) is 2. The number of ether oxygens (including phenoxy) is 1. The van der Waals surface area contributed by atoms with Crippen molar-refractivity contribution in [1.29, 1.82) is 0 Å². The summed E-state index contributed by atoms with van der Waals surface area (Å²) in [5, 5.41) is 0. The fourth-order valence-electron chi connectivity index (χ4n) is 2.00. The number of benzene rings is 1. The molecule has 1 aromatic carbocycles. The van der Waals surface area contributed by atoms with Gasteiger partial charge in [0.1, 0.15) is 0 Å². The molecular formula is C16H21F3N2O4. The molecular weight excluding hydrogens is 341 g/mol. The highest BCUT2D eigenvalue weighted by molar-refractivity contribution is 5.89. The molecule has 1 atom stereocenters. The van der Waals surface area contributed by atoms with Crippen molar-refractivity contribution in [3.8, 4) is 0 Å². The van der Waals surface area contributed by atoms with E-state index in [0.29, 0.717) is 12.0 Å². The van der Waals surface area contributed by atoms with E-state index in [1.54, 1.807) is 31.2 Å². The van der Waals surface area contributed by atoms with Gasteiger partial charge in [0.25, 0.3) is 0 Å². The molecule has 0 heterocycles. The minimum Gasteiger partial charge on any atom is -0.462 e. The van der Waals surface area contributed by atoms with Crippen LogP contribution in [0.5, 0.6) is 0 Å². The van der Waals surface area contributed by atoms with Crippen molar-refractivity contribution in [3.63, 3.8) is 0 Å². The lowest BCUT2D eigenvalue weighted by atomic mass is 10.0. The van der Waals surface area contributed by atoms with E-state index in [1.807, 2.05) is 12.5 Å². The van der Waals surface area contributed by atoms with Crippen LogP contribution in [0.1, 0.15) is 55.1 Å². The smallest absolute Gasteiger partial charge is 0.462 e. The molecule has 1 unspecified atom stereocenters. The number of rotatable bonds is 9. The number of carbonyl (C=O) groups excluding carboxylic acids is 2. The quantitative estimate of drug-likeness (QED) is 0.519. The van der Waals surface area contributed by atoms with Gasteiger partial charge in [-0.1, -0.05) is 37.5 Å². The number of esters is 1. The van der Waals surface area contributed by atoms with Crippen LogP contribution in [-0.2, 0) is 14.4 Å². The lowest BCUT2D eigenvalue weighted by Crippen LogP contribution is -2.40. The molecule has 1 aromatic rings. The summed E-state index contributed by atoms with van der Waals surface area (Å²) in [6, 6.07) is 6.04. The molecule has 25 heavy (non-hydrogen) atoms. The Kier molecular flexibility index (Phi) is 8.36. The molecule has 0 bridgehead atoms. The first-order valence-electron chi connectivity index (χ1n) is 7.85. The number of halogens is 3. The average molecular weight is 362 g/mol. The maximum Gasteiger partial charge on any atom is 0.492 e. The molecule has 0 saturated carbocycles. The van der Waals surface area contributed by atoms with Crippen molar-refractivity contribution >= 4 is 11.9 Å². The average Bonchev–Trinajstić information content (AvgIpc) is 2.57. The van der Waals surface area contributed by atoms with Crippen LogP contribution in [0.2, 0.25) is 0 Å². The number of carbonyl (C=O) groups is 2. The molecule has 0 amide bonds. The van der Waals surface area contributed by atoms with Gasteiger partial charge in [-0.05, 0) is 31.0 Å². The fraction of sp³-hybridized carbons (Fsp3) is 0.500. The van der Waals surface area contributed by atoms with Gasteiger partial charge in [-0.15, -0.1) is 0 Å². The molecule has 0 fully saturated rings. The van der Waals surface area contributed by atoms with Gasteiger partial charge in [0.05, 0.1) is 12.2 Å². The van der Waals surface area contributed by atoms with E-state index in [0.717, 1.165) is 18.4 Å². The number of unbranched alkanes of at least 4 members (excludes halogenated alkanes) is 1. The normalized spacial score (nSPS) is 12.5. The van der Waals surface area contributed by atoms with Crippen LogP contribution in [-0.4, -0.2) is 24.7 Å². The first-order chi connectivity index (χ1) is 11.8.